The minimum absolute atomic E-state index is 0.423. The molecule has 0 N–H and O–H groups in total. The molecular formula is C22H18N2. The second kappa shape index (κ2) is 6.25. The van der Waals surface area contributed by atoms with Gasteiger partial charge in [-0.15, -0.1) is 0 Å². The van der Waals surface area contributed by atoms with Crippen molar-refractivity contribution in [2.24, 2.45) is 5.92 Å². The van der Waals surface area contributed by atoms with Crippen LogP contribution in [0.25, 0.3) is 27.9 Å². The molecule has 3 aromatic rings. The highest BCUT2D eigenvalue weighted by atomic mass is 14.8. The van der Waals surface area contributed by atoms with Crippen LogP contribution in [0.15, 0.2) is 85.0 Å². The van der Waals surface area contributed by atoms with Crippen molar-refractivity contribution in [3.63, 3.8) is 0 Å². The van der Waals surface area contributed by atoms with E-state index in [0.717, 1.165) is 33.6 Å². The number of rotatable bonds is 2. The summed E-state index contributed by atoms with van der Waals surface area (Å²) in [5, 5.41) is 0. The molecule has 24 heavy (non-hydrogen) atoms. The van der Waals surface area contributed by atoms with Gasteiger partial charge in [0.2, 0.25) is 0 Å². The topological polar surface area (TPSA) is 25.8 Å². The minimum atomic E-state index is 0.423. The molecular weight excluding hydrogens is 292 g/mol. The summed E-state index contributed by atoms with van der Waals surface area (Å²) in [7, 11) is 0. The molecule has 0 fully saturated rings. The predicted molar refractivity (Wildman–Crippen MR) is 100 cm³/mol. The molecule has 0 aliphatic heterocycles. The van der Waals surface area contributed by atoms with Crippen molar-refractivity contribution in [1.82, 2.24) is 9.97 Å². The fraction of sp³-hybridized carbons (Fsp3) is 0.0909. The summed E-state index contributed by atoms with van der Waals surface area (Å²) in [6, 6.07) is 18.3. The standard InChI is InChI=1S/C22H18N2/c1-16-8-7-11-18(15-14-16)22-21(17-9-3-2-4-10-17)23-19-12-5-6-13-20(19)24-22/h2-16H,1H3. The van der Waals surface area contributed by atoms with E-state index in [1.54, 1.807) is 0 Å². The molecule has 0 amide bonds. The van der Waals surface area contributed by atoms with Crippen LogP contribution in [0, 0.1) is 5.92 Å². The van der Waals surface area contributed by atoms with Gasteiger partial charge in [-0.05, 0) is 18.1 Å². The Labute approximate surface area is 141 Å². The Morgan fingerprint density at radius 1 is 0.750 bits per heavy atom. The van der Waals surface area contributed by atoms with Gasteiger partial charge in [0.1, 0.15) is 0 Å². The molecule has 4 rings (SSSR count). The molecule has 1 aliphatic carbocycles. The molecule has 1 aliphatic rings. The first-order valence-corrected chi connectivity index (χ1v) is 8.20. The Kier molecular flexibility index (Phi) is 3.80. The van der Waals surface area contributed by atoms with E-state index in [2.05, 4.69) is 49.4 Å². The van der Waals surface area contributed by atoms with Crippen molar-refractivity contribution in [3.8, 4) is 11.3 Å². The molecule has 0 saturated carbocycles. The van der Waals surface area contributed by atoms with Gasteiger partial charge < -0.3 is 0 Å². The first-order chi connectivity index (χ1) is 11.8. The van der Waals surface area contributed by atoms with E-state index in [1.807, 2.05) is 42.5 Å². The molecule has 1 heterocycles. The van der Waals surface area contributed by atoms with Crippen molar-refractivity contribution >= 4 is 16.6 Å². The van der Waals surface area contributed by atoms with Gasteiger partial charge in [-0.2, -0.15) is 0 Å². The second-order valence-electron chi connectivity index (χ2n) is 6.00. The molecule has 0 radical (unpaired) electrons. The van der Waals surface area contributed by atoms with E-state index in [9.17, 15) is 0 Å². The summed E-state index contributed by atoms with van der Waals surface area (Å²) < 4.78 is 0. The number of hydrogen-bond donors (Lipinski definition) is 0. The molecule has 1 unspecified atom stereocenters. The lowest BCUT2D eigenvalue weighted by atomic mass is 10.0. The predicted octanol–water partition coefficient (Wildman–Crippen LogP) is 5.44. The van der Waals surface area contributed by atoms with Crippen molar-refractivity contribution in [2.75, 3.05) is 0 Å². The lowest BCUT2D eigenvalue weighted by Gasteiger charge is -2.11. The maximum absolute atomic E-state index is 4.93. The molecule has 2 nitrogen and oxygen atoms in total. The van der Waals surface area contributed by atoms with Crippen molar-refractivity contribution < 1.29 is 0 Å². The molecule has 0 saturated heterocycles. The van der Waals surface area contributed by atoms with Crippen LogP contribution in [0.2, 0.25) is 0 Å². The molecule has 0 spiro atoms. The average Bonchev–Trinajstić information content (AvgIpc) is 2.86. The van der Waals surface area contributed by atoms with Gasteiger partial charge in [-0.1, -0.05) is 79.8 Å². The first kappa shape index (κ1) is 14.6. The fourth-order valence-electron chi connectivity index (χ4n) is 2.87. The minimum Gasteiger partial charge on any atom is -0.244 e. The number of nitrogens with zero attached hydrogens (tertiary/aromatic N) is 2. The molecule has 2 heteroatoms. The summed E-state index contributed by atoms with van der Waals surface area (Å²) >= 11 is 0. The van der Waals surface area contributed by atoms with Gasteiger partial charge in [-0.3, -0.25) is 0 Å². The largest absolute Gasteiger partial charge is 0.244 e. The third kappa shape index (κ3) is 2.79. The number of aromatic nitrogens is 2. The van der Waals surface area contributed by atoms with E-state index in [4.69, 9.17) is 9.97 Å². The second-order valence-corrected chi connectivity index (χ2v) is 6.00. The highest BCUT2D eigenvalue weighted by Crippen LogP contribution is 2.29. The maximum Gasteiger partial charge on any atom is 0.0973 e. The van der Waals surface area contributed by atoms with E-state index in [1.165, 1.54) is 0 Å². The van der Waals surface area contributed by atoms with Gasteiger partial charge >= 0.3 is 0 Å². The van der Waals surface area contributed by atoms with Crippen LogP contribution in [0.1, 0.15) is 12.6 Å². The van der Waals surface area contributed by atoms with Gasteiger partial charge in [0.15, 0.2) is 0 Å². The number of benzene rings is 2. The summed E-state index contributed by atoms with van der Waals surface area (Å²) in [4.78, 5) is 9.83. The SMILES string of the molecule is CC1C=CC=C(c2nc3ccccc3nc2-c2ccccc2)C=C1. The Balaban J connectivity index is 1.97. The average molecular weight is 310 g/mol. The van der Waals surface area contributed by atoms with Crippen LogP contribution in [0.4, 0.5) is 0 Å². The van der Waals surface area contributed by atoms with Crippen LogP contribution in [-0.4, -0.2) is 9.97 Å². The maximum atomic E-state index is 4.93. The third-order valence-corrected chi connectivity index (χ3v) is 4.16. The van der Waals surface area contributed by atoms with Gasteiger partial charge in [0.25, 0.3) is 0 Å². The van der Waals surface area contributed by atoms with Gasteiger partial charge in [-0.25, -0.2) is 9.97 Å². The number of para-hydroxylation sites is 2. The Hall–Kier alpha value is -3.00. The lowest BCUT2D eigenvalue weighted by molar-refractivity contribution is 0.943. The monoisotopic (exact) mass is 310 g/mol. The molecule has 1 atom stereocenters. The van der Waals surface area contributed by atoms with Crippen LogP contribution < -0.4 is 0 Å². The number of fused-ring (bicyclic) bond motifs is 1. The Morgan fingerprint density at radius 2 is 1.42 bits per heavy atom. The van der Waals surface area contributed by atoms with Crippen LogP contribution in [-0.2, 0) is 0 Å². The van der Waals surface area contributed by atoms with E-state index < -0.39 is 0 Å². The molecule has 1 aromatic heterocycles. The van der Waals surface area contributed by atoms with E-state index in [-0.39, 0.29) is 0 Å². The summed E-state index contributed by atoms with van der Waals surface area (Å²) in [6.45, 7) is 2.17. The van der Waals surface area contributed by atoms with Crippen molar-refractivity contribution in [3.05, 3.63) is 90.7 Å². The molecule has 0 bridgehead atoms. The number of allylic oxidation sites excluding steroid dienone is 6. The summed E-state index contributed by atoms with van der Waals surface area (Å²) in [5.74, 6) is 0.423. The van der Waals surface area contributed by atoms with E-state index >= 15 is 0 Å². The number of hydrogen-bond acceptors (Lipinski definition) is 2. The zero-order chi connectivity index (χ0) is 16.4. The highest BCUT2D eigenvalue weighted by Gasteiger charge is 2.14. The third-order valence-electron chi connectivity index (χ3n) is 4.16. The highest BCUT2D eigenvalue weighted by molar-refractivity contribution is 5.87. The lowest BCUT2D eigenvalue weighted by Crippen LogP contribution is -1.98. The fourth-order valence-corrected chi connectivity index (χ4v) is 2.87. The van der Waals surface area contributed by atoms with Gasteiger partial charge in [0, 0.05) is 11.1 Å². The molecule has 116 valence electrons. The summed E-state index contributed by atoms with van der Waals surface area (Å²) in [5.41, 5.74) is 5.86. The quantitative estimate of drug-likeness (QED) is 0.629. The Bertz CT molecular complexity index is 966. The molecule has 2 aromatic carbocycles. The smallest absolute Gasteiger partial charge is 0.0973 e. The first-order valence-electron chi connectivity index (χ1n) is 8.20. The van der Waals surface area contributed by atoms with Crippen LogP contribution in [0.5, 0.6) is 0 Å². The van der Waals surface area contributed by atoms with E-state index in [0.29, 0.717) is 5.92 Å². The van der Waals surface area contributed by atoms with Crippen molar-refractivity contribution in [2.45, 2.75) is 6.92 Å². The summed E-state index contributed by atoms with van der Waals surface area (Å²) in [6.07, 6.45) is 10.7. The van der Waals surface area contributed by atoms with Crippen molar-refractivity contribution in [1.29, 1.82) is 0 Å². The zero-order valence-electron chi connectivity index (χ0n) is 13.6. The normalized spacial score (nSPS) is 16.9. The Morgan fingerprint density at radius 3 is 2.17 bits per heavy atom. The van der Waals surface area contributed by atoms with Gasteiger partial charge in [0.05, 0.1) is 22.4 Å². The van der Waals surface area contributed by atoms with Crippen LogP contribution >= 0.6 is 0 Å². The van der Waals surface area contributed by atoms with Crippen LogP contribution in [0.3, 0.4) is 0 Å². The zero-order valence-corrected chi connectivity index (χ0v) is 13.6.